The highest BCUT2D eigenvalue weighted by molar-refractivity contribution is 6.42. The van der Waals surface area contributed by atoms with Gasteiger partial charge in [-0.1, -0.05) is 23.2 Å². The van der Waals surface area contributed by atoms with E-state index < -0.39 is 11.6 Å². The number of hydrogen-bond donors (Lipinski definition) is 0. The molecule has 0 saturated carbocycles. The molecule has 0 aromatic heterocycles. The number of methoxy groups -OCH3 is 2. The Morgan fingerprint density at radius 1 is 1.00 bits per heavy atom. The lowest BCUT2D eigenvalue weighted by Gasteiger charge is -2.10. The third kappa shape index (κ3) is 3.12. The number of carbonyl (C=O) groups is 1. The molecule has 0 atom stereocenters. The van der Waals surface area contributed by atoms with Gasteiger partial charge in [0.1, 0.15) is 5.82 Å². The molecule has 0 N–H and O–H groups in total. The first-order chi connectivity index (χ1) is 9.97. The number of ether oxygens (including phenoxy) is 2. The van der Waals surface area contributed by atoms with Crippen molar-refractivity contribution in [2.24, 2.45) is 0 Å². The van der Waals surface area contributed by atoms with E-state index in [9.17, 15) is 9.18 Å². The normalized spacial score (nSPS) is 10.3. The van der Waals surface area contributed by atoms with Gasteiger partial charge >= 0.3 is 0 Å². The van der Waals surface area contributed by atoms with E-state index in [0.29, 0.717) is 5.02 Å². The molecule has 0 bridgehead atoms. The molecule has 0 unspecified atom stereocenters. The van der Waals surface area contributed by atoms with Gasteiger partial charge in [-0.2, -0.15) is 0 Å². The zero-order valence-corrected chi connectivity index (χ0v) is 12.8. The molecule has 110 valence electrons. The Balaban J connectivity index is 2.50. The minimum Gasteiger partial charge on any atom is -0.493 e. The summed E-state index contributed by atoms with van der Waals surface area (Å²) in [6, 6.07) is 6.74. The Labute approximate surface area is 131 Å². The van der Waals surface area contributed by atoms with Gasteiger partial charge in [0, 0.05) is 11.6 Å². The van der Waals surface area contributed by atoms with Gasteiger partial charge in [0.15, 0.2) is 17.3 Å². The molecule has 0 saturated heterocycles. The number of halogens is 3. The third-order valence-electron chi connectivity index (χ3n) is 2.90. The van der Waals surface area contributed by atoms with Gasteiger partial charge in [0.25, 0.3) is 0 Å². The van der Waals surface area contributed by atoms with Crippen molar-refractivity contribution in [3.8, 4) is 11.5 Å². The second kappa shape index (κ2) is 6.33. The summed E-state index contributed by atoms with van der Waals surface area (Å²) in [5.41, 5.74) is 0.0987. The Kier molecular flexibility index (Phi) is 4.70. The van der Waals surface area contributed by atoms with Crippen molar-refractivity contribution in [2.75, 3.05) is 14.2 Å². The van der Waals surface area contributed by atoms with Gasteiger partial charge in [-0.3, -0.25) is 4.79 Å². The van der Waals surface area contributed by atoms with Crippen LogP contribution >= 0.6 is 23.2 Å². The second-order valence-corrected chi connectivity index (χ2v) is 4.96. The molecule has 2 aromatic rings. The predicted octanol–water partition coefficient (Wildman–Crippen LogP) is 4.38. The minimum atomic E-state index is -0.705. The molecule has 0 amide bonds. The van der Waals surface area contributed by atoms with Crippen molar-refractivity contribution in [1.29, 1.82) is 0 Å². The summed E-state index contributed by atoms with van der Waals surface area (Å²) < 4.78 is 24.1. The lowest BCUT2D eigenvalue weighted by atomic mass is 10.0. The molecule has 0 radical (unpaired) electrons. The SMILES string of the molecule is COc1cc(F)c(C(=O)c2ccc(Cl)c(Cl)c2)cc1OC. The third-order valence-corrected chi connectivity index (χ3v) is 3.64. The molecule has 0 heterocycles. The van der Waals surface area contributed by atoms with E-state index in [2.05, 4.69) is 0 Å². The topological polar surface area (TPSA) is 35.5 Å². The summed E-state index contributed by atoms with van der Waals surface area (Å²) >= 11 is 11.7. The summed E-state index contributed by atoms with van der Waals surface area (Å²) in [4.78, 5) is 12.4. The van der Waals surface area contributed by atoms with Crippen LogP contribution in [0.25, 0.3) is 0 Å². The monoisotopic (exact) mass is 328 g/mol. The van der Waals surface area contributed by atoms with E-state index in [0.717, 1.165) is 6.07 Å². The van der Waals surface area contributed by atoms with Gasteiger partial charge < -0.3 is 9.47 Å². The van der Waals surface area contributed by atoms with Crippen molar-refractivity contribution in [1.82, 2.24) is 0 Å². The smallest absolute Gasteiger partial charge is 0.196 e. The first-order valence-electron chi connectivity index (χ1n) is 5.89. The van der Waals surface area contributed by atoms with Crippen molar-refractivity contribution in [2.45, 2.75) is 0 Å². The molecule has 2 aromatic carbocycles. The number of rotatable bonds is 4. The van der Waals surface area contributed by atoms with Crippen LogP contribution in [0.5, 0.6) is 11.5 Å². The summed E-state index contributed by atoms with van der Waals surface area (Å²) in [5, 5.41) is 0.546. The molecule has 21 heavy (non-hydrogen) atoms. The molecule has 0 aliphatic heterocycles. The number of hydrogen-bond acceptors (Lipinski definition) is 3. The number of carbonyl (C=O) groups excluding carboxylic acids is 1. The largest absolute Gasteiger partial charge is 0.493 e. The summed E-state index contributed by atoms with van der Waals surface area (Å²) in [7, 11) is 2.79. The molecule has 0 fully saturated rings. The van der Waals surface area contributed by atoms with E-state index >= 15 is 0 Å². The lowest BCUT2D eigenvalue weighted by molar-refractivity contribution is 0.103. The molecule has 0 aliphatic carbocycles. The Hall–Kier alpha value is -1.78. The maximum absolute atomic E-state index is 14.1. The first kappa shape index (κ1) is 15.6. The average Bonchev–Trinajstić information content (AvgIpc) is 2.49. The highest BCUT2D eigenvalue weighted by atomic mass is 35.5. The fourth-order valence-electron chi connectivity index (χ4n) is 1.82. The molecule has 2 rings (SSSR count). The van der Waals surface area contributed by atoms with E-state index in [1.54, 1.807) is 0 Å². The van der Waals surface area contributed by atoms with Crippen molar-refractivity contribution in [3.63, 3.8) is 0 Å². The second-order valence-electron chi connectivity index (χ2n) is 4.15. The maximum Gasteiger partial charge on any atom is 0.196 e. The van der Waals surface area contributed by atoms with Crippen LogP contribution in [0.3, 0.4) is 0 Å². The highest BCUT2D eigenvalue weighted by Crippen LogP contribution is 2.31. The summed E-state index contributed by atoms with van der Waals surface area (Å²) in [6.07, 6.45) is 0. The van der Waals surface area contributed by atoms with Gasteiger partial charge in [-0.15, -0.1) is 0 Å². The highest BCUT2D eigenvalue weighted by Gasteiger charge is 2.19. The number of ketones is 1. The molecule has 3 nitrogen and oxygen atoms in total. The standard InChI is InChI=1S/C15H11Cl2FO3/c1-20-13-6-9(12(18)7-14(13)21-2)15(19)8-3-4-10(16)11(17)5-8/h3-7H,1-2H3. The number of benzene rings is 2. The van der Waals surface area contributed by atoms with Crippen molar-refractivity contribution < 1.29 is 18.7 Å². The molecular weight excluding hydrogens is 318 g/mol. The van der Waals surface area contributed by atoms with Crippen LogP contribution in [0, 0.1) is 5.82 Å². The fourth-order valence-corrected chi connectivity index (χ4v) is 2.12. The van der Waals surface area contributed by atoms with E-state index in [1.165, 1.54) is 38.5 Å². The fraction of sp³-hybridized carbons (Fsp3) is 0.133. The van der Waals surface area contributed by atoms with Crippen LogP contribution in [0.2, 0.25) is 10.0 Å². The maximum atomic E-state index is 14.1. The Bertz CT molecular complexity index is 702. The van der Waals surface area contributed by atoms with Crippen LogP contribution < -0.4 is 9.47 Å². The van der Waals surface area contributed by atoms with Gasteiger partial charge in [-0.05, 0) is 24.3 Å². The van der Waals surface area contributed by atoms with Crippen LogP contribution in [0.4, 0.5) is 4.39 Å². The average molecular weight is 329 g/mol. The first-order valence-corrected chi connectivity index (χ1v) is 6.64. The van der Waals surface area contributed by atoms with Crippen LogP contribution in [0.15, 0.2) is 30.3 Å². The molecule has 6 heteroatoms. The quantitative estimate of drug-likeness (QED) is 0.781. The van der Waals surface area contributed by atoms with Crippen molar-refractivity contribution in [3.05, 3.63) is 57.3 Å². The van der Waals surface area contributed by atoms with Gasteiger partial charge in [0.05, 0.1) is 29.8 Å². The Morgan fingerprint density at radius 3 is 2.19 bits per heavy atom. The lowest BCUT2D eigenvalue weighted by Crippen LogP contribution is -2.06. The minimum absolute atomic E-state index is 0.133. The van der Waals surface area contributed by atoms with E-state index in [4.69, 9.17) is 32.7 Å². The summed E-state index contributed by atoms with van der Waals surface area (Å²) in [5.74, 6) is -0.751. The summed E-state index contributed by atoms with van der Waals surface area (Å²) in [6.45, 7) is 0. The molecular formula is C15H11Cl2FO3. The van der Waals surface area contributed by atoms with Crippen LogP contribution in [0.1, 0.15) is 15.9 Å². The zero-order chi connectivity index (χ0) is 15.6. The van der Waals surface area contributed by atoms with Crippen LogP contribution in [-0.4, -0.2) is 20.0 Å². The predicted molar refractivity (Wildman–Crippen MR) is 79.4 cm³/mol. The van der Waals surface area contributed by atoms with E-state index in [-0.39, 0.29) is 27.6 Å². The van der Waals surface area contributed by atoms with Gasteiger partial charge in [-0.25, -0.2) is 4.39 Å². The van der Waals surface area contributed by atoms with Gasteiger partial charge in [0.2, 0.25) is 0 Å². The van der Waals surface area contributed by atoms with E-state index in [1.807, 2.05) is 0 Å². The van der Waals surface area contributed by atoms with Crippen molar-refractivity contribution >= 4 is 29.0 Å². The Morgan fingerprint density at radius 2 is 1.62 bits per heavy atom. The molecule has 0 aliphatic rings. The molecule has 0 spiro atoms. The van der Waals surface area contributed by atoms with Crippen LogP contribution in [-0.2, 0) is 0 Å². The zero-order valence-electron chi connectivity index (χ0n) is 11.2.